The Balaban J connectivity index is 2.28. The maximum absolute atomic E-state index is 9.69. The van der Waals surface area contributed by atoms with E-state index < -0.39 is 24.4 Å². The fraction of sp³-hybridized carbons (Fsp3) is 0.889. The second-order valence-corrected chi connectivity index (χ2v) is 3.96. The zero-order valence-corrected chi connectivity index (χ0v) is 8.32. The Bertz CT molecular complexity index is 271. The minimum atomic E-state index is -1.27. The summed E-state index contributed by atoms with van der Waals surface area (Å²) in [6.45, 7) is 0.999. The molecule has 0 saturated carbocycles. The molecule has 6 nitrogen and oxygen atoms in total. The summed E-state index contributed by atoms with van der Waals surface area (Å²) in [5, 5.41) is 38.1. The lowest BCUT2D eigenvalue weighted by Crippen LogP contribution is -2.66. The van der Waals surface area contributed by atoms with Crippen LogP contribution in [-0.4, -0.2) is 75.2 Å². The highest BCUT2D eigenvalue weighted by atomic mass is 16.4. The molecule has 0 aromatic carbocycles. The lowest BCUT2D eigenvalue weighted by molar-refractivity contribution is -0.0976. The van der Waals surface area contributed by atoms with E-state index in [1.165, 1.54) is 0 Å². The molecule has 2 aliphatic heterocycles. The van der Waals surface area contributed by atoms with Crippen molar-refractivity contribution in [3.8, 4) is 0 Å². The number of piperidine rings is 1. The molecule has 0 aromatic heterocycles. The summed E-state index contributed by atoms with van der Waals surface area (Å²) in [7, 11) is 0. The zero-order valence-electron chi connectivity index (χ0n) is 8.32. The molecule has 0 radical (unpaired) electrons. The van der Waals surface area contributed by atoms with Crippen LogP contribution in [0.2, 0.25) is 0 Å². The van der Waals surface area contributed by atoms with Crippen LogP contribution in [0.1, 0.15) is 6.42 Å². The maximum atomic E-state index is 9.69. The monoisotopic (exact) mass is 216 g/mol. The van der Waals surface area contributed by atoms with Gasteiger partial charge in [0.05, 0.1) is 12.6 Å². The van der Waals surface area contributed by atoms with Gasteiger partial charge in [0, 0.05) is 13.1 Å². The van der Waals surface area contributed by atoms with Crippen molar-refractivity contribution < 1.29 is 20.4 Å². The number of amidine groups is 1. The molecule has 86 valence electrons. The van der Waals surface area contributed by atoms with Crippen LogP contribution >= 0.6 is 0 Å². The average Bonchev–Trinajstić information content (AvgIpc) is 2.27. The molecule has 2 aliphatic rings. The number of hydrogen-bond donors (Lipinski definition) is 4. The van der Waals surface area contributed by atoms with Crippen LogP contribution in [0.3, 0.4) is 0 Å². The molecule has 1 fully saturated rings. The van der Waals surface area contributed by atoms with Crippen molar-refractivity contribution in [3.05, 3.63) is 0 Å². The predicted molar refractivity (Wildman–Crippen MR) is 52.5 cm³/mol. The highest BCUT2D eigenvalue weighted by molar-refractivity contribution is 5.89. The Hall–Kier alpha value is -0.690. The summed E-state index contributed by atoms with van der Waals surface area (Å²) in [6.07, 6.45) is -2.73. The Morgan fingerprint density at radius 1 is 1.27 bits per heavy atom. The highest BCUT2D eigenvalue weighted by Gasteiger charge is 2.45. The van der Waals surface area contributed by atoms with Gasteiger partial charge < -0.3 is 25.3 Å². The molecule has 0 bridgehead atoms. The number of rotatable bonds is 1. The normalized spacial score (nSPS) is 41.1. The quantitative estimate of drug-likeness (QED) is 0.390. The van der Waals surface area contributed by atoms with Crippen molar-refractivity contribution in [2.45, 2.75) is 30.8 Å². The van der Waals surface area contributed by atoms with E-state index in [-0.39, 0.29) is 6.61 Å². The first kappa shape index (κ1) is 10.8. The van der Waals surface area contributed by atoms with E-state index >= 15 is 0 Å². The van der Waals surface area contributed by atoms with Gasteiger partial charge >= 0.3 is 0 Å². The number of fused-ring (bicyclic) bond motifs is 1. The van der Waals surface area contributed by atoms with E-state index in [4.69, 9.17) is 5.11 Å². The summed E-state index contributed by atoms with van der Waals surface area (Å²) < 4.78 is 0. The van der Waals surface area contributed by atoms with Gasteiger partial charge in [0.1, 0.15) is 24.1 Å². The standard InChI is InChI=1S/C9H16N2O4/c12-4-5-6(13)7(14)8(15)9-10-2-1-3-11(5)9/h5-8,12-15H,1-4H2. The maximum Gasteiger partial charge on any atom is 0.139 e. The minimum Gasteiger partial charge on any atom is -0.394 e. The second-order valence-electron chi connectivity index (χ2n) is 3.96. The topological polar surface area (TPSA) is 96.5 Å². The van der Waals surface area contributed by atoms with Crippen molar-refractivity contribution in [1.29, 1.82) is 0 Å². The third kappa shape index (κ3) is 1.63. The van der Waals surface area contributed by atoms with Crippen molar-refractivity contribution in [1.82, 2.24) is 4.90 Å². The van der Waals surface area contributed by atoms with Gasteiger partial charge in [0.2, 0.25) is 0 Å². The first-order valence-electron chi connectivity index (χ1n) is 5.13. The first-order valence-corrected chi connectivity index (χ1v) is 5.13. The fourth-order valence-electron chi connectivity index (χ4n) is 2.20. The molecule has 4 unspecified atom stereocenters. The van der Waals surface area contributed by atoms with Gasteiger partial charge in [-0.25, -0.2) is 0 Å². The van der Waals surface area contributed by atoms with E-state index in [1.54, 1.807) is 4.90 Å². The molecule has 2 rings (SSSR count). The third-order valence-electron chi connectivity index (χ3n) is 3.04. The molecule has 4 atom stereocenters. The van der Waals surface area contributed by atoms with Gasteiger partial charge in [0.15, 0.2) is 0 Å². The molecule has 1 saturated heterocycles. The largest absolute Gasteiger partial charge is 0.394 e. The van der Waals surface area contributed by atoms with Gasteiger partial charge in [0.25, 0.3) is 0 Å². The van der Waals surface area contributed by atoms with Crippen molar-refractivity contribution in [3.63, 3.8) is 0 Å². The summed E-state index contributed by atoms with van der Waals surface area (Å²) in [5.41, 5.74) is 0. The van der Waals surface area contributed by atoms with Crippen LogP contribution in [0, 0.1) is 0 Å². The summed E-state index contributed by atoms with van der Waals surface area (Å²) >= 11 is 0. The fourth-order valence-corrected chi connectivity index (χ4v) is 2.20. The molecule has 0 spiro atoms. The number of aliphatic imine (C=N–C) groups is 1. The Morgan fingerprint density at radius 2 is 2.00 bits per heavy atom. The predicted octanol–water partition coefficient (Wildman–Crippen LogP) is -2.45. The van der Waals surface area contributed by atoms with Crippen LogP contribution < -0.4 is 0 Å². The molecular weight excluding hydrogens is 200 g/mol. The lowest BCUT2D eigenvalue weighted by Gasteiger charge is -2.46. The van der Waals surface area contributed by atoms with Crippen molar-refractivity contribution >= 4 is 5.84 Å². The van der Waals surface area contributed by atoms with E-state index in [0.29, 0.717) is 18.9 Å². The van der Waals surface area contributed by atoms with Crippen LogP contribution in [0.5, 0.6) is 0 Å². The molecule has 6 heteroatoms. The number of aliphatic hydroxyl groups is 4. The Labute approximate surface area is 87.5 Å². The van der Waals surface area contributed by atoms with Crippen LogP contribution in [-0.2, 0) is 0 Å². The van der Waals surface area contributed by atoms with E-state index in [0.717, 1.165) is 6.42 Å². The van der Waals surface area contributed by atoms with Gasteiger partial charge in [-0.3, -0.25) is 4.99 Å². The number of nitrogens with zero attached hydrogens (tertiary/aromatic N) is 2. The third-order valence-corrected chi connectivity index (χ3v) is 3.04. The lowest BCUT2D eigenvalue weighted by atomic mass is 9.92. The number of hydrogen-bond acceptors (Lipinski definition) is 6. The average molecular weight is 216 g/mol. The van der Waals surface area contributed by atoms with E-state index in [9.17, 15) is 15.3 Å². The van der Waals surface area contributed by atoms with E-state index in [1.807, 2.05) is 0 Å². The summed E-state index contributed by atoms with van der Waals surface area (Å²) in [6, 6.07) is -0.567. The Kier molecular flexibility index (Phi) is 2.92. The van der Waals surface area contributed by atoms with Crippen molar-refractivity contribution in [2.24, 2.45) is 4.99 Å². The molecule has 4 N–H and O–H groups in total. The summed E-state index contributed by atoms with van der Waals surface area (Å²) in [5.74, 6) is 0.387. The zero-order chi connectivity index (χ0) is 11.0. The minimum absolute atomic E-state index is 0.260. The van der Waals surface area contributed by atoms with Gasteiger partial charge in [-0.1, -0.05) is 0 Å². The van der Waals surface area contributed by atoms with Gasteiger partial charge in [-0.05, 0) is 6.42 Å². The SMILES string of the molecule is OCC1C(O)C(O)C(O)C2=NCCCN21. The van der Waals surface area contributed by atoms with Crippen molar-refractivity contribution in [2.75, 3.05) is 19.7 Å². The van der Waals surface area contributed by atoms with Gasteiger partial charge in [-0.2, -0.15) is 0 Å². The van der Waals surface area contributed by atoms with Crippen LogP contribution in [0.4, 0.5) is 0 Å². The van der Waals surface area contributed by atoms with E-state index in [2.05, 4.69) is 4.99 Å². The van der Waals surface area contributed by atoms with Gasteiger partial charge in [-0.15, -0.1) is 0 Å². The Morgan fingerprint density at radius 3 is 2.67 bits per heavy atom. The van der Waals surface area contributed by atoms with Crippen LogP contribution in [0.25, 0.3) is 0 Å². The molecular formula is C9H16N2O4. The first-order chi connectivity index (χ1) is 7.16. The molecule has 2 heterocycles. The second kappa shape index (κ2) is 4.05. The summed E-state index contributed by atoms with van der Waals surface area (Å²) in [4.78, 5) is 5.81. The van der Waals surface area contributed by atoms with Crippen LogP contribution in [0.15, 0.2) is 4.99 Å². The molecule has 15 heavy (non-hydrogen) atoms. The molecule has 0 aliphatic carbocycles. The molecule has 0 amide bonds. The number of aliphatic hydroxyl groups excluding tert-OH is 4. The highest BCUT2D eigenvalue weighted by Crippen LogP contribution is 2.23. The smallest absolute Gasteiger partial charge is 0.139 e. The molecule has 0 aromatic rings.